The van der Waals surface area contributed by atoms with Crippen LogP contribution in [0.5, 0.6) is 0 Å². The van der Waals surface area contributed by atoms with Gasteiger partial charge < -0.3 is 0 Å². The molecule has 0 spiro atoms. The monoisotopic (exact) mass is 211 g/mol. The van der Waals surface area contributed by atoms with E-state index in [1.54, 1.807) is 17.5 Å². The Morgan fingerprint density at radius 3 is 3.00 bits per heavy atom. The van der Waals surface area contributed by atoms with Crippen LogP contribution in [0.15, 0.2) is 24.0 Å². The van der Waals surface area contributed by atoms with Crippen molar-refractivity contribution in [3.63, 3.8) is 0 Å². The predicted molar refractivity (Wildman–Crippen MR) is 52.7 cm³/mol. The molecular formula is C8H6ClN3S. The summed E-state index contributed by atoms with van der Waals surface area (Å²) in [4.78, 5) is 12.2. The van der Waals surface area contributed by atoms with Crippen LogP contribution in [-0.2, 0) is 5.88 Å². The molecule has 0 fully saturated rings. The molecule has 0 aliphatic heterocycles. The first-order valence-electron chi connectivity index (χ1n) is 3.67. The lowest BCUT2D eigenvalue weighted by atomic mass is 10.4. The van der Waals surface area contributed by atoms with Crippen molar-refractivity contribution in [1.82, 2.24) is 15.0 Å². The summed E-state index contributed by atoms with van der Waals surface area (Å²) >= 11 is 7.18. The number of alkyl halides is 1. The summed E-state index contributed by atoms with van der Waals surface area (Å²) < 4.78 is 0. The Labute approximate surface area is 84.5 Å². The largest absolute Gasteiger partial charge is 0.245 e. The summed E-state index contributed by atoms with van der Waals surface area (Å²) in [7, 11) is 0. The molecule has 0 aliphatic carbocycles. The number of aromatic nitrogens is 3. The average molecular weight is 212 g/mol. The zero-order chi connectivity index (χ0) is 9.10. The topological polar surface area (TPSA) is 38.7 Å². The Balaban J connectivity index is 2.36. The van der Waals surface area contributed by atoms with Crippen molar-refractivity contribution < 1.29 is 0 Å². The second-order valence-electron chi connectivity index (χ2n) is 2.37. The highest BCUT2D eigenvalue weighted by Gasteiger charge is 2.03. The smallest absolute Gasteiger partial charge is 0.142 e. The quantitative estimate of drug-likeness (QED) is 0.716. The summed E-state index contributed by atoms with van der Waals surface area (Å²) in [6, 6.07) is 1.83. The van der Waals surface area contributed by atoms with Crippen LogP contribution in [0.1, 0.15) is 5.69 Å². The molecule has 13 heavy (non-hydrogen) atoms. The second kappa shape index (κ2) is 3.81. The van der Waals surface area contributed by atoms with Gasteiger partial charge in [0.2, 0.25) is 0 Å². The fourth-order valence-corrected chi connectivity index (χ4v) is 1.93. The first kappa shape index (κ1) is 8.59. The first-order chi connectivity index (χ1) is 6.40. The molecule has 2 aromatic heterocycles. The molecule has 2 aromatic rings. The van der Waals surface area contributed by atoms with Gasteiger partial charge in [-0.2, -0.15) is 0 Å². The van der Waals surface area contributed by atoms with Crippen molar-refractivity contribution in [3.8, 4) is 10.7 Å². The Hall–Kier alpha value is -1.00. The van der Waals surface area contributed by atoms with Gasteiger partial charge in [-0.25, -0.2) is 15.0 Å². The first-order valence-corrected chi connectivity index (χ1v) is 5.08. The van der Waals surface area contributed by atoms with Crippen molar-refractivity contribution in [1.29, 1.82) is 0 Å². The molecule has 0 saturated carbocycles. The van der Waals surface area contributed by atoms with Crippen molar-refractivity contribution >= 4 is 22.9 Å². The fraction of sp³-hybridized carbons (Fsp3) is 0.125. The Kier molecular flexibility index (Phi) is 2.52. The van der Waals surface area contributed by atoms with Gasteiger partial charge in [-0.05, 0) is 6.07 Å². The number of halogens is 1. The van der Waals surface area contributed by atoms with E-state index in [0.29, 0.717) is 5.88 Å². The van der Waals surface area contributed by atoms with Gasteiger partial charge >= 0.3 is 0 Å². The SMILES string of the molecule is ClCc1csc(-c2ccncn2)n1. The van der Waals surface area contributed by atoms with Gasteiger partial charge in [0.15, 0.2) is 0 Å². The van der Waals surface area contributed by atoms with E-state index in [1.807, 2.05) is 11.4 Å². The van der Waals surface area contributed by atoms with Gasteiger partial charge in [-0.1, -0.05) is 0 Å². The van der Waals surface area contributed by atoms with Crippen molar-refractivity contribution in [3.05, 3.63) is 29.7 Å². The van der Waals surface area contributed by atoms with E-state index < -0.39 is 0 Å². The molecule has 0 aromatic carbocycles. The number of hydrogen-bond donors (Lipinski definition) is 0. The third-order valence-corrected chi connectivity index (χ3v) is 2.68. The second-order valence-corrected chi connectivity index (χ2v) is 3.50. The molecule has 0 unspecified atom stereocenters. The van der Waals surface area contributed by atoms with E-state index in [-0.39, 0.29) is 0 Å². The van der Waals surface area contributed by atoms with Gasteiger partial charge in [0, 0.05) is 11.6 Å². The van der Waals surface area contributed by atoms with Crippen LogP contribution >= 0.6 is 22.9 Å². The van der Waals surface area contributed by atoms with E-state index >= 15 is 0 Å². The van der Waals surface area contributed by atoms with Crippen LogP contribution in [0.2, 0.25) is 0 Å². The molecule has 0 atom stereocenters. The molecule has 3 nitrogen and oxygen atoms in total. The van der Waals surface area contributed by atoms with Crippen LogP contribution < -0.4 is 0 Å². The minimum Gasteiger partial charge on any atom is -0.245 e. The van der Waals surface area contributed by atoms with Gasteiger partial charge in [-0.15, -0.1) is 22.9 Å². The molecule has 0 amide bonds. The van der Waals surface area contributed by atoms with Crippen molar-refractivity contribution in [2.75, 3.05) is 0 Å². The highest BCUT2D eigenvalue weighted by atomic mass is 35.5. The van der Waals surface area contributed by atoms with Gasteiger partial charge in [0.05, 0.1) is 11.6 Å². The van der Waals surface area contributed by atoms with Gasteiger partial charge in [0.25, 0.3) is 0 Å². The molecule has 2 rings (SSSR count). The number of nitrogens with zero attached hydrogens (tertiary/aromatic N) is 3. The minimum atomic E-state index is 0.446. The zero-order valence-corrected chi connectivity index (χ0v) is 8.22. The summed E-state index contributed by atoms with van der Waals surface area (Å²) in [5.74, 6) is 0.446. The lowest BCUT2D eigenvalue weighted by molar-refractivity contribution is 1.15. The highest BCUT2D eigenvalue weighted by Crippen LogP contribution is 2.21. The third kappa shape index (κ3) is 1.84. The van der Waals surface area contributed by atoms with Crippen molar-refractivity contribution in [2.24, 2.45) is 0 Å². The summed E-state index contributed by atoms with van der Waals surface area (Å²) in [5.41, 5.74) is 1.73. The van der Waals surface area contributed by atoms with Gasteiger partial charge in [0.1, 0.15) is 17.0 Å². The third-order valence-electron chi connectivity index (χ3n) is 1.49. The molecule has 0 aliphatic rings. The van der Waals surface area contributed by atoms with E-state index in [0.717, 1.165) is 16.4 Å². The van der Waals surface area contributed by atoms with Gasteiger partial charge in [-0.3, -0.25) is 0 Å². The van der Waals surface area contributed by atoms with E-state index in [2.05, 4.69) is 15.0 Å². The number of rotatable bonds is 2. The molecule has 0 bridgehead atoms. The summed E-state index contributed by atoms with van der Waals surface area (Å²) in [6.45, 7) is 0. The molecule has 5 heteroatoms. The highest BCUT2D eigenvalue weighted by molar-refractivity contribution is 7.13. The molecule has 2 heterocycles. The molecule has 0 saturated heterocycles. The Morgan fingerprint density at radius 1 is 1.46 bits per heavy atom. The molecule has 0 N–H and O–H groups in total. The molecule has 0 radical (unpaired) electrons. The van der Waals surface area contributed by atoms with Crippen molar-refractivity contribution in [2.45, 2.75) is 5.88 Å². The fourth-order valence-electron chi connectivity index (χ4n) is 0.903. The predicted octanol–water partition coefficient (Wildman–Crippen LogP) is 2.34. The van der Waals surface area contributed by atoms with Crippen LogP contribution in [0.3, 0.4) is 0 Å². The van der Waals surface area contributed by atoms with E-state index in [1.165, 1.54) is 6.33 Å². The summed E-state index contributed by atoms with van der Waals surface area (Å²) in [6.07, 6.45) is 3.21. The maximum atomic E-state index is 5.64. The van der Waals surface area contributed by atoms with E-state index in [9.17, 15) is 0 Å². The number of hydrogen-bond acceptors (Lipinski definition) is 4. The molecule has 66 valence electrons. The number of thiazole rings is 1. The van der Waals surface area contributed by atoms with Crippen LogP contribution in [0.25, 0.3) is 10.7 Å². The zero-order valence-electron chi connectivity index (χ0n) is 6.64. The normalized spacial score (nSPS) is 10.2. The lowest BCUT2D eigenvalue weighted by Gasteiger charge is -1.91. The van der Waals surface area contributed by atoms with E-state index in [4.69, 9.17) is 11.6 Å². The molecular weight excluding hydrogens is 206 g/mol. The standard InChI is InChI=1S/C8H6ClN3S/c9-3-6-4-13-8(12-6)7-1-2-10-5-11-7/h1-2,4-5H,3H2. The van der Waals surface area contributed by atoms with Crippen LogP contribution in [-0.4, -0.2) is 15.0 Å². The Bertz CT molecular complexity index is 387. The average Bonchev–Trinajstić information content (AvgIpc) is 2.67. The summed E-state index contributed by atoms with van der Waals surface area (Å²) in [5, 5.41) is 2.82. The Morgan fingerprint density at radius 2 is 2.38 bits per heavy atom. The maximum Gasteiger partial charge on any atom is 0.142 e. The maximum absolute atomic E-state index is 5.64. The van der Waals surface area contributed by atoms with Crippen LogP contribution in [0, 0.1) is 0 Å². The lowest BCUT2D eigenvalue weighted by Crippen LogP contribution is -1.83. The van der Waals surface area contributed by atoms with Crippen LogP contribution in [0.4, 0.5) is 0 Å². The minimum absolute atomic E-state index is 0.446.